The van der Waals surface area contributed by atoms with Crippen molar-refractivity contribution in [1.29, 1.82) is 0 Å². The van der Waals surface area contributed by atoms with Crippen LogP contribution < -0.4 is 10.7 Å². The summed E-state index contributed by atoms with van der Waals surface area (Å²) < 4.78 is 17.5. The topological polar surface area (TPSA) is 98.0 Å². The molecule has 0 bridgehead atoms. The lowest BCUT2D eigenvalue weighted by molar-refractivity contribution is -0.201. The van der Waals surface area contributed by atoms with Gasteiger partial charge in [-0.3, -0.25) is 9.59 Å². The quantitative estimate of drug-likeness (QED) is 0.611. The Kier molecular flexibility index (Phi) is 6.82. The minimum atomic E-state index is -0.670. The maximum absolute atomic E-state index is 13.1. The van der Waals surface area contributed by atoms with Gasteiger partial charge in [0.25, 0.3) is 0 Å². The number of ether oxygens (including phenoxy) is 2. The number of amides is 1. The zero-order valence-corrected chi connectivity index (χ0v) is 17.0. The molecule has 2 fully saturated rings. The monoisotopic (exact) mass is 415 g/mol. The lowest BCUT2D eigenvalue weighted by Gasteiger charge is -2.34. The van der Waals surface area contributed by atoms with E-state index in [0.717, 1.165) is 12.8 Å². The van der Waals surface area contributed by atoms with Crippen molar-refractivity contribution in [3.05, 3.63) is 46.3 Å². The molecule has 30 heavy (non-hydrogen) atoms. The van der Waals surface area contributed by atoms with E-state index in [4.69, 9.17) is 19.0 Å². The predicted octanol–water partition coefficient (Wildman–Crippen LogP) is 2.70. The van der Waals surface area contributed by atoms with Crippen LogP contribution >= 0.6 is 0 Å². The summed E-state index contributed by atoms with van der Waals surface area (Å²) in [6.07, 6.45) is 4.83. The van der Waals surface area contributed by atoms with E-state index in [1.165, 1.54) is 6.26 Å². The van der Waals surface area contributed by atoms with Crippen molar-refractivity contribution >= 4 is 16.9 Å². The molecule has 162 valence electrons. The van der Waals surface area contributed by atoms with E-state index in [-0.39, 0.29) is 23.9 Å². The molecule has 3 atom stereocenters. The summed E-state index contributed by atoms with van der Waals surface area (Å²) in [5.41, 5.74) is 1.04. The maximum Gasteiger partial charge on any atom is 0.249 e. The molecule has 1 aromatic carbocycles. The number of benzene rings is 1. The van der Waals surface area contributed by atoms with E-state index >= 15 is 0 Å². The summed E-state index contributed by atoms with van der Waals surface area (Å²) in [5, 5.41) is 12.5. The second-order valence-corrected chi connectivity index (χ2v) is 8.23. The van der Waals surface area contributed by atoms with Gasteiger partial charge in [-0.1, -0.05) is 12.1 Å². The van der Waals surface area contributed by atoms with Crippen molar-refractivity contribution in [3.63, 3.8) is 0 Å². The SMILES string of the molecule is O=C(NCC1CC1)C1C[C@H](c2coc3ccccc3c2=O)CC(OCCCCO)O1. The summed E-state index contributed by atoms with van der Waals surface area (Å²) in [4.78, 5) is 25.8. The number of fused-ring (bicyclic) bond motifs is 1. The van der Waals surface area contributed by atoms with Crippen molar-refractivity contribution < 1.29 is 23.8 Å². The number of hydrogen-bond donors (Lipinski definition) is 2. The molecule has 1 saturated heterocycles. The zero-order valence-electron chi connectivity index (χ0n) is 17.0. The Morgan fingerprint density at radius 2 is 2.03 bits per heavy atom. The number of hydrogen-bond acceptors (Lipinski definition) is 6. The third-order valence-electron chi connectivity index (χ3n) is 5.85. The Hall–Kier alpha value is -2.22. The van der Waals surface area contributed by atoms with Gasteiger partial charge in [-0.2, -0.15) is 0 Å². The van der Waals surface area contributed by atoms with Crippen LogP contribution in [0.4, 0.5) is 0 Å². The normalized spacial score (nSPS) is 24.1. The van der Waals surface area contributed by atoms with Crippen molar-refractivity contribution in [2.45, 2.75) is 56.8 Å². The highest BCUT2D eigenvalue weighted by Crippen LogP contribution is 2.34. The summed E-state index contributed by atoms with van der Waals surface area (Å²) in [6.45, 7) is 1.21. The van der Waals surface area contributed by atoms with Crippen LogP contribution in [0.1, 0.15) is 50.0 Å². The minimum Gasteiger partial charge on any atom is -0.464 e. The molecule has 1 aliphatic carbocycles. The molecule has 2 aromatic rings. The molecule has 4 rings (SSSR count). The first-order valence-corrected chi connectivity index (χ1v) is 10.8. The van der Waals surface area contributed by atoms with Gasteiger partial charge in [0.2, 0.25) is 5.91 Å². The maximum atomic E-state index is 13.1. The van der Waals surface area contributed by atoms with Crippen LogP contribution in [0.15, 0.2) is 39.7 Å². The van der Waals surface area contributed by atoms with Gasteiger partial charge >= 0.3 is 0 Å². The number of para-hydroxylation sites is 1. The van der Waals surface area contributed by atoms with Crippen LogP contribution in [0.5, 0.6) is 0 Å². The lowest BCUT2D eigenvalue weighted by atomic mass is 9.88. The van der Waals surface area contributed by atoms with Crippen LogP contribution in [-0.2, 0) is 14.3 Å². The van der Waals surface area contributed by atoms with Crippen LogP contribution in [0.25, 0.3) is 11.0 Å². The van der Waals surface area contributed by atoms with Gasteiger partial charge in [0.15, 0.2) is 11.7 Å². The van der Waals surface area contributed by atoms with E-state index in [1.54, 1.807) is 12.1 Å². The standard InChI is InChI=1S/C23H29NO6/c25-9-3-4-10-28-21-12-16(11-20(30-21)23(27)24-13-15-7-8-15)18-14-29-19-6-2-1-5-17(19)22(18)26/h1-2,5-6,14-16,20-21,25H,3-4,7-13H2,(H,24,27)/t16-,20?,21?/m0/s1. The van der Waals surface area contributed by atoms with Crippen molar-refractivity contribution in [1.82, 2.24) is 5.32 Å². The summed E-state index contributed by atoms with van der Waals surface area (Å²) in [5.74, 6) is 0.228. The van der Waals surface area contributed by atoms with Crippen LogP contribution in [0.3, 0.4) is 0 Å². The Morgan fingerprint density at radius 3 is 2.83 bits per heavy atom. The largest absolute Gasteiger partial charge is 0.464 e. The van der Waals surface area contributed by atoms with E-state index in [9.17, 15) is 9.59 Å². The van der Waals surface area contributed by atoms with Crippen molar-refractivity contribution in [2.24, 2.45) is 5.92 Å². The molecule has 1 saturated carbocycles. The van der Waals surface area contributed by atoms with Crippen molar-refractivity contribution in [2.75, 3.05) is 19.8 Å². The van der Waals surface area contributed by atoms with Gasteiger partial charge in [-0.05, 0) is 56.1 Å². The van der Waals surface area contributed by atoms with Gasteiger partial charge in [-0.25, -0.2) is 0 Å². The smallest absolute Gasteiger partial charge is 0.249 e. The van der Waals surface area contributed by atoms with E-state index in [0.29, 0.717) is 61.3 Å². The van der Waals surface area contributed by atoms with Gasteiger partial charge in [-0.15, -0.1) is 0 Å². The number of unbranched alkanes of at least 4 members (excludes halogenated alkanes) is 1. The Morgan fingerprint density at radius 1 is 1.20 bits per heavy atom. The average molecular weight is 415 g/mol. The highest BCUT2D eigenvalue weighted by atomic mass is 16.7. The van der Waals surface area contributed by atoms with Gasteiger partial charge in [0.1, 0.15) is 11.7 Å². The highest BCUT2D eigenvalue weighted by molar-refractivity contribution is 5.81. The molecule has 0 spiro atoms. The second kappa shape index (κ2) is 9.73. The lowest BCUT2D eigenvalue weighted by Crippen LogP contribution is -2.45. The number of rotatable bonds is 9. The fraction of sp³-hybridized carbons (Fsp3) is 0.565. The molecular formula is C23H29NO6. The average Bonchev–Trinajstić information content (AvgIpc) is 3.60. The molecule has 2 N–H and O–H groups in total. The first-order valence-electron chi connectivity index (χ1n) is 10.8. The van der Waals surface area contributed by atoms with Crippen LogP contribution in [0, 0.1) is 5.92 Å². The molecular weight excluding hydrogens is 386 g/mol. The third kappa shape index (κ3) is 5.09. The Labute approximate surface area is 175 Å². The first-order chi connectivity index (χ1) is 14.7. The van der Waals surface area contributed by atoms with E-state index in [2.05, 4.69) is 5.32 Å². The minimum absolute atomic E-state index is 0.0695. The van der Waals surface area contributed by atoms with Gasteiger partial charge in [0, 0.05) is 31.7 Å². The van der Waals surface area contributed by atoms with Crippen molar-refractivity contribution in [3.8, 4) is 0 Å². The van der Waals surface area contributed by atoms with E-state index < -0.39 is 12.4 Å². The highest BCUT2D eigenvalue weighted by Gasteiger charge is 2.37. The molecule has 2 heterocycles. The number of carbonyl (C=O) groups is 1. The van der Waals surface area contributed by atoms with Crippen LogP contribution in [0.2, 0.25) is 0 Å². The number of carbonyl (C=O) groups excluding carboxylic acids is 1. The fourth-order valence-electron chi connectivity index (χ4n) is 3.90. The summed E-state index contributed by atoms with van der Waals surface area (Å²) in [7, 11) is 0. The van der Waals surface area contributed by atoms with Gasteiger partial charge < -0.3 is 24.3 Å². The second-order valence-electron chi connectivity index (χ2n) is 8.23. The third-order valence-corrected chi connectivity index (χ3v) is 5.85. The number of aliphatic hydroxyl groups excluding tert-OH is 1. The fourth-order valence-corrected chi connectivity index (χ4v) is 3.90. The molecule has 2 unspecified atom stereocenters. The number of nitrogens with one attached hydrogen (secondary N) is 1. The summed E-state index contributed by atoms with van der Waals surface area (Å²) in [6, 6.07) is 7.17. The van der Waals surface area contributed by atoms with Gasteiger partial charge in [0.05, 0.1) is 11.6 Å². The molecule has 1 aliphatic heterocycles. The first kappa shape index (κ1) is 21.0. The Bertz CT molecular complexity index is 921. The molecule has 2 aliphatic rings. The molecule has 0 radical (unpaired) electrons. The summed E-state index contributed by atoms with van der Waals surface area (Å²) >= 11 is 0. The van der Waals surface area contributed by atoms with E-state index in [1.807, 2.05) is 12.1 Å². The molecule has 1 aromatic heterocycles. The Balaban J connectivity index is 1.51. The molecule has 7 heteroatoms. The number of aliphatic hydroxyl groups is 1. The molecule has 7 nitrogen and oxygen atoms in total. The van der Waals surface area contributed by atoms with Crippen LogP contribution in [-0.4, -0.2) is 43.2 Å². The predicted molar refractivity (Wildman–Crippen MR) is 111 cm³/mol. The molecule has 1 amide bonds. The zero-order chi connectivity index (χ0) is 20.9.